The number of aromatic nitrogens is 3. The van der Waals surface area contributed by atoms with Crippen molar-refractivity contribution >= 4 is 0 Å². The van der Waals surface area contributed by atoms with Crippen molar-refractivity contribution < 1.29 is 8.78 Å². The third-order valence-electron chi connectivity index (χ3n) is 4.49. The van der Waals surface area contributed by atoms with Crippen LogP contribution in [0.3, 0.4) is 0 Å². The van der Waals surface area contributed by atoms with E-state index in [1.165, 1.54) is 12.1 Å². The lowest BCUT2D eigenvalue weighted by Gasteiger charge is -2.03. The maximum Gasteiger partial charge on any atom is 0.159 e. The summed E-state index contributed by atoms with van der Waals surface area (Å²) in [5.41, 5.74) is 2.90. The zero-order chi connectivity index (χ0) is 18.1. The molecule has 0 bridgehead atoms. The first-order valence-electron chi connectivity index (χ1n) is 8.24. The quantitative estimate of drug-likeness (QED) is 0.767. The first-order valence-corrected chi connectivity index (χ1v) is 8.24. The molecule has 1 aliphatic rings. The molecule has 1 aliphatic carbocycles. The van der Waals surface area contributed by atoms with E-state index in [4.69, 9.17) is 5.26 Å². The molecule has 2 atom stereocenters. The van der Waals surface area contributed by atoms with E-state index < -0.39 is 11.6 Å². The third-order valence-corrected chi connectivity index (χ3v) is 4.49. The third kappa shape index (κ3) is 3.32. The Morgan fingerprint density at radius 1 is 1.19 bits per heavy atom. The zero-order valence-corrected chi connectivity index (χ0v) is 13.7. The summed E-state index contributed by atoms with van der Waals surface area (Å²) in [7, 11) is 0. The predicted octanol–water partition coefficient (Wildman–Crippen LogP) is 3.06. The summed E-state index contributed by atoms with van der Waals surface area (Å²) in [6.07, 6.45) is 2.68. The fourth-order valence-electron chi connectivity index (χ4n) is 2.99. The predicted molar refractivity (Wildman–Crippen MR) is 90.4 cm³/mol. The second-order valence-electron chi connectivity index (χ2n) is 6.32. The van der Waals surface area contributed by atoms with Gasteiger partial charge in [0.1, 0.15) is 0 Å². The summed E-state index contributed by atoms with van der Waals surface area (Å²) in [4.78, 5) is 0. The average Bonchev–Trinajstić information content (AvgIpc) is 3.29. The largest absolute Gasteiger partial charge is 0.308 e. The van der Waals surface area contributed by atoms with Crippen molar-refractivity contribution in [3.05, 3.63) is 77.1 Å². The molecule has 0 aliphatic heterocycles. The summed E-state index contributed by atoms with van der Waals surface area (Å²) in [6.45, 7) is 0.531. The molecule has 1 heterocycles. The van der Waals surface area contributed by atoms with E-state index in [9.17, 15) is 8.78 Å². The Hall–Kier alpha value is -3.11. The second kappa shape index (κ2) is 6.65. The number of nitrogens with one attached hydrogen (secondary N) is 1. The second-order valence-corrected chi connectivity index (χ2v) is 6.32. The van der Waals surface area contributed by atoms with E-state index >= 15 is 0 Å². The molecular formula is C19H15F2N5. The molecule has 1 saturated carbocycles. The fourth-order valence-corrected chi connectivity index (χ4v) is 2.99. The van der Waals surface area contributed by atoms with Crippen LogP contribution >= 0.6 is 0 Å². The Morgan fingerprint density at radius 3 is 2.88 bits per heavy atom. The van der Waals surface area contributed by atoms with Gasteiger partial charge in [-0.3, -0.25) is 0 Å². The van der Waals surface area contributed by atoms with Gasteiger partial charge in [0.15, 0.2) is 11.6 Å². The minimum absolute atomic E-state index is 0.187. The summed E-state index contributed by atoms with van der Waals surface area (Å²) < 4.78 is 28.0. The van der Waals surface area contributed by atoms with Crippen molar-refractivity contribution in [3.8, 4) is 11.8 Å². The van der Waals surface area contributed by atoms with Crippen LogP contribution in [0.4, 0.5) is 8.78 Å². The van der Waals surface area contributed by atoms with Crippen LogP contribution in [-0.4, -0.2) is 21.0 Å². The van der Waals surface area contributed by atoms with Crippen LogP contribution in [0.25, 0.3) is 5.69 Å². The van der Waals surface area contributed by atoms with Gasteiger partial charge in [-0.1, -0.05) is 17.3 Å². The molecule has 1 fully saturated rings. The molecule has 7 heteroatoms. The van der Waals surface area contributed by atoms with Crippen LogP contribution in [0.1, 0.15) is 29.2 Å². The van der Waals surface area contributed by atoms with Crippen LogP contribution in [0, 0.1) is 23.0 Å². The van der Waals surface area contributed by atoms with Gasteiger partial charge in [0.05, 0.1) is 29.2 Å². The number of halogens is 2. The normalized spacial score (nSPS) is 18.5. The van der Waals surface area contributed by atoms with Gasteiger partial charge in [-0.05, 0) is 42.3 Å². The topological polar surface area (TPSA) is 66.5 Å². The average molecular weight is 351 g/mol. The summed E-state index contributed by atoms with van der Waals surface area (Å²) >= 11 is 0. The highest BCUT2D eigenvalue weighted by atomic mass is 19.2. The van der Waals surface area contributed by atoms with Crippen molar-refractivity contribution in [1.82, 2.24) is 20.3 Å². The van der Waals surface area contributed by atoms with Crippen LogP contribution in [-0.2, 0) is 6.54 Å². The van der Waals surface area contributed by atoms with Crippen molar-refractivity contribution in [2.75, 3.05) is 0 Å². The lowest BCUT2D eigenvalue weighted by molar-refractivity contribution is 0.506. The van der Waals surface area contributed by atoms with Gasteiger partial charge >= 0.3 is 0 Å². The SMILES string of the molecule is N#Cc1cccc(-n2cc(CN[C@@H]3C[C@H]3c3ccc(F)c(F)c3)nn2)c1. The van der Waals surface area contributed by atoms with Crippen molar-refractivity contribution in [3.63, 3.8) is 0 Å². The number of nitrogens with zero attached hydrogens (tertiary/aromatic N) is 4. The van der Waals surface area contributed by atoms with E-state index in [1.807, 2.05) is 6.07 Å². The van der Waals surface area contributed by atoms with Gasteiger partial charge in [0.25, 0.3) is 0 Å². The van der Waals surface area contributed by atoms with Gasteiger partial charge in [-0.15, -0.1) is 5.10 Å². The molecule has 3 aromatic rings. The molecule has 1 N–H and O–H groups in total. The van der Waals surface area contributed by atoms with Gasteiger partial charge < -0.3 is 5.32 Å². The minimum Gasteiger partial charge on any atom is -0.308 e. The van der Waals surface area contributed by atoms with Crippen LogP contribution in [0.5, 0.6) is 0 Å². The van der Waals surface area contributed by atoms with Gasteiger partial charge in [-0.25, -0.2) is 13.5 Å². The van der Waals surface area contributed by atoms with E-state index in [-0.39, 0.29) is 12.0 Å². The summed E-state index contributed by atoms with van der Waals surface area (Å²) in [5.74, 6) is -1.45. The Bertz CT molecular complexity index is 992. The van der Waals surface area contributed by atoms with Crippen LogP contribution in [0.2, 0.25) is 0 Å². The Balaban J connectivity index is 1.37. The summed E-state index contributed by atoms with van der Waals surface area (Å²) in [5, 5.41) is 20.5. The summed E-state index contributed by atoms with van der Waals surface area (Å²) in [6, 6.07) is 13.5. The van der Waals surface area contributed by atoms with Crippen molar-refractivity contribution in [2.45, 2.75) is 24.9 Å². The van der Waals surface area contributed by atoms with Crippen molar-refractivity contribution in [1.29, 1.82) is 5.26 Å². The molecule has 4 rings (SSSR count). The molecule has 26 heavy (non-hydrogen) atoms. The smallest absolute Gasteiger partial charge is 0.159 e. The molecule has 2 aromatic carbocycles. The van der Waals surface area contributed by atoms with Gasteiger partial charge in [0, 0.05) is 18.5 Å². The number of nitriles is 1. The molecule has 0 unspecified atom stereocenters. The lowest BCUT2D eigenvalue weighted by atomic mass is 10.1. The molecule has 5 nitrogen and oxygen atoms in total. The number of benzene rings is 2. The highest BCUT2D eigenvalue weighted by molar-refractivity contribution is 5.40. The maximum absolute atomic E-state index is 13.3. The van der Waals surface area contributed by atoms with Gasteiger partial charge in [0.2, 0.25) is 0 Å². The van der Waals surface area contributed by atoms with E-state index in [0.717, 1.165) is 23.4 Å². The van der Waals surface area contributed by atoms with E-state index in [0.29, 0.717) is 12.1 Å². The first-order chi connectivity index (χ1) is 12.6. The number of rotatable bonds is 5. The lowest BCUT2D eigenvalue weighted by Crippen LogP contribution is -2.17. The maximum atomic E-state index is 13.3. The molecule has 0 radical (unpaired) electrons. The van der Waals surface area contributed by atoms with Crippen LogP contribution < -0.4 is 5.32 Å². The standard InChI is InChI=1S/C19H15F2N5/c20-17-5-4-13(7-18(17)21)16-8-19(16)23-10-14-11-26(25-24-14)15-3-1-2-12(6-15)9-22/h1-7,11,16,19,23H,8,10H2/t16-,19+/m0/s1. The Morgan fingerprint density at radius 2 is 2.08 bits per heavy atom. The highest BCUT2D eigenvalue weighted by Crippen LogP contribution is 2.41. The zero-order valence-electron chi connectivity index (χ0n) is 13.7. The first kappa shape index (κ1) is 16.4. The molecule has 1 aromatic heterocycles. The molecule has 0 spiro atoms. The molecule has 0 amide bonds. The van der Waals surface area contributed by atoms with E-state index in [1.54, 1.807) is 35.1 Å². The number of hydrogen-bond donors (Lipinski definition) is 1. The highest BCUT2D eigenvalue weighted by Gasteiger charge is 2.38. The molecule has 0 saturated heterocycles. The van der Waals surface area contributed by atoms with Crippen LogP contribution in [0.15, 0.2) is 48.7 Å². The number of hydrogen-bond acceptors (Lipinski definition) is 4. The molecular weight excluding hydrogens is 336 g/mol. The monoisotopic (exact) mass is 351 g/mol. The fraction of sp³-hybridized carbons (Fsp3) is 0.211. The van der Waals surface area contributed by atoms with Gasteiger partial charge in [-0.2, -0.15) is 5.26 Å². The minimum atomic E-state index is -0.823. The Labute approximate surface area is 148 Å². The molecule has 130 valence electrons. The van der Waals surface area contributed by atoms with Crippen molar-refractivity contribution in [2.24, 2.45) is 0 Å². The Kier molecular flexibility index (Phi) is 4.19. The van der Waals surface area contributed by atoms with E-state index in [2.05, 4.69) is 21.7 Å².